The summed E-state index contributed by atoms with van der Waals surface area (Å²) in [6.07, 6.45) is 0. The molecule has 0 fully saturated rings. The molecule has 10 aromatic rings. The van der Waals surface area contributed by atoms with Crippen molar-refractivity contribution < 1.29 is 8.83 Å². The van der Waals surface area contributed by atoms with Crippen LogP contribution in [0.4, 0.5) is 34.1 Å². The number of fused-ring (bicyclic) bond motifs is 10. The molecule has 0 unspecified atom stereocenters. The second kappa shape index (κ2) is 13.8. The molecule has 0 spiro atoms. The van der Waals surface area contributed by atoms with Gasteiger partial charge >= 0.3 is 0 Å². The molecular formula is C60H53BN2O2. The third kappa shape index (κ3) is 6.12. The van der Waals surface area contributed by atoms with Crippen LogP contribution in [0.25, 0.3) is 55.0 Å². The van der Waals surface area contributed by atoms with Gasteiger partial charge in [-0.05, 0) is 133 Å². The molecule has 0 amide bonds. The quantitative estimate of drug-likeness (QED) is 0.166. The summed E-state index contributed by atoms with van der Waals surface area (Å²) in [5.74, 6) is 0. The fourth-order valence-electron chi connectivity index (χ4n) is 10.6. The Morgan fingerprint density at radius 2 is 0.892 bits per heavy atom. The molecule has 12 rings (SSSR count). The van der Waals surface area contributed by atoms with E-state index in [1.807, 2.05) is 12.1 Å². The monoisotopic (exact) mass is 844 g/mol. The van der Waals surface area contributed by atoms with Crippen LogP contribution >= 0.6 is 0 Å². The maximum absolute atomic E-state index is 6.58. The van der Waals surface area contributed by atoms with Crippen molar-refractivity contribution in [2.45, 2.75) is 78.6 Å². The number of nitrogens with zero attached hydrogens (tertiary/aromatic N) is 2. The van der Waals surface area contributed by atoms with Crippen molar-refractivity contribution in [1.29, 1.82) is 0 Å². The first-order valence-electron chi connectivity index (χ1n) is 23.1. The summed E-state index contributed by atoms with van der Waals surface area (Å²) in [5, 5.41) is 4.52. The number of para-hydroxylation sites is 2. The van der Waals surface area contributed by atoms with Gasteiger partial charge in [0.25, 0.3) is 6.71 Å². The maximum Gasteiger partial charge on any atom is 0.252 e. The first kappa shape index (κ1) is 39.6. The Balaban J connectivity index is 1.14. The molecular weight excluding hydrogens is 791 g/mol. The standard InChI is InChI=1S/C60H53BN2O2/c1-58(2,3)38-24-28-47-45(32-38)61-46-33-39(59(4,5)6)25-29-48(46)63(49-17-14-20-55-56(49)43-16-11-13-19-53(43)65-55)51-35-40(60(7,8)9)34-50(57(51)61)62(47)41-26-21-36(22-27-41)37-23-30-54-44(31-37)42-15-10-12-18-52(42)64-54/h10-35H,1-9H3. The van der Waals surface area contributed by atoms with Gasteiger partial charge in [0, 0.05) is 44.6 Å². The van der Waals surface area contributed by atoms with Crippen LogP contribution in [0, 0.1) is 0 Å². The molecule has 318 valence electrons. The number of furan rings is 2. The van der Waals surface area contributed by atoms with Crippen molar-refractivity contribution in [1.82, 2.24) is 0 Å². The largest absolute Gasteiger partial charge is 0.456 e. The predicted molar refractivity (Wildman–Crippen MR) is 277 cm³/mol. The van der Waals surface area contributed by atoms with Crippen molar-refractivity contribution in [2.24, 2.45) is 0 Å². The lowest BCUT2D eigenvalue weighted by Crippen LogP contribution is -2.61. The van der Waals surface area contributed by atoms with Gasteiger partial charge in [-0.1, -0.05) is 147 Å². The predicted octanol–water partition coefficient (Wildman–Crippen LogP) is 15.1. The van der Waals surface area contributed by atoms with E-state index in [1.54, 1.807) is 0 Å². The van der Waals surface area contributed by atoms with Crippen LogP contribution in [0.2, 0.25) is 0 Å². The van der Waals surface area contributed by atoms with Crippen LogP contribution in [0.3, 0.4) is 0 Å². The lowest BCUT2D eigenvalue weighted by Gasteiger charge is -2.45. The lowest BCUT2D eigenvalue weighted by atomic mass is 9.33. The Morgan fingerprint density at radius 3 is 1.54 bits per heavy atom. The molecule has 4 heterocycles. The van der Waals surface area contributed by atoms with E-state index in [2.05, 4.69) is 218 Å². The minimum Gasteiger partial charge on any atom is -0.456 e. The number of benzene rings is 8. The van der Waals surface area contributed by atoms with Crippen LogP contribution in [0.15, 0.2) is 167 Å². The zero-order valence-electron chi connectivity index (χ0n) is 38.8. The van der Waals surface area contributed by atoms with E-state index in [0.717, 1.165) is 55.3 Å². The fraction of sp³-hybridized carbons (Fsp3) is 0.200. The molecule has 0 atom stereocenters. The first-order valence-corrected chi connectivity index (χ1v) is 23.1. The lowest BCUT2D eigenvalue weighted by molar-refractivity contribution is 0.590. The summed E-state index contributed by atoms with van der Waals surface area (Å²) in [5.41, 5.74) is 20.7. The Labute approximate surface area is 382 Å². The van der Waals surface area contributed by atoms with Crippen molar-refractivity contribution >= 4 is 101 Å². The average molecular weight is 845 g/mol. The van der Waals surface area contributed by atoms with E-state index in [-0.39, 0.29) is 23.0 Å². The highest BCUT2D eigenvalue weighted by Gasteiger charge is 2.45. The molecule has 0 N–H and O–H groups in total. The van der Waals surface area contributed by atoms with Gasteiger partial charge in [-0.25, -0.2) is 0 Å². The number of hydrogen-bond acceptors (Lipinski definition) is 4. The van der Waals surface area contributed by atoms with E-state index in [9.17, 15) is 0 Å². The SMILES string of the molecule is CC(C)(C)c1ccc2c(c1)B1c3cc(C(C)(C)C)ccc3N(c3cccc4oc5ccccc5c34)c3cc(C(C)(C)C)cc(c31)N2c1ccc(-c2ccc3oc4ccccc4c3c2)cc1. The third-order valence-electron chi connectivity index (χ3n) is 14.1. The van der Waals surface area contributed by atoms with Gasteiger partial charge in [-0.3, -0.25) is 0 Å². The van der Waals surface area contributed by atoms with Gasteiger partial charge in [0.1, 0.15) is 22.3 Å². The van der Waals surface area contributed by atoms with Crippen LogP contribution in [0.1, 0.15) is 79.0 Å². The Bertz CT molecular complexity index is 3570. The molecule has 4 nitrogen and oxygen atoms in total. The molecule has 0 bridgehead atoms. The molecule has 5 heteroatoms. The molecule has 2 aromatic heterocycles. The Kier molecular flexibility index (Phi) is 8.39. The fourth-order valence-corrected chi connectivity index (χ4v) is 10.6. The highest BCUT2D eigenvalue weighted by molar-refractivity contribution is 7.00. The van der Waals surface area contributed by atoms with E-state index in [0.29, 0.717) is 0 Å². The Hall–Kier alpha value is -6.98. The number of hydrogen-bond donors (Lipinski definition) is 0. The van der Waals surface area contributed by atoms with E-state index in [4.69, 9.17) is 8.83 Å². The molecule has 8 aromatic carbocycles. The topological polar surface area (TPSA) is 32.8 Å². The first-order chi connectivity index (χ1) is 31.1. The van der Waals surface area contributed by atoms with Crippen LogP contribution < -0.4 is 26.2 Å². The smallest absolute Gasteiger partial charge is 0.252 e. The molecule has 2 aliphatic rings. The van der Waals surface area contributed by atoms with Gasteiger partial charge < -0.3 is 18.6 Å². The summed E-state index contributed by atoms with van der Waals surface area (Å²) in [4.78, 5) is 5.11. The molecule has 0 radical (unpaired) electrons. The van der Waals surface area contributed by atoms with Crippen molar-refractivity contribution in [3.63, 3.8) is 0 Å². The summed E-state index contributed by atoms with van der Waals surface area (Å²) in [7, 11) is 0. The maximum atomic E-state index is 6.58. The molecule has 0 aliphatic carbocycles. The second-order valence-corrected chi connectivity index (χ2v) is 21.4. The van der Waals surface area contributed by atoms with Crippen LogP contribution in [-0.4, -0.2) is 6.71 Å². The average Bonchev–Trinajstić information content (AvgIpc) is 3.86. The number of rotatable bonds is 3. The number of anilines is 6. The van der Waals surface area contributed by atoms with E-state index < -0.39 is 0 Å². The summed E-state index contributed by atoms with van der Waals surface area (Å²) >= 11 is 0. The second-order valence-electron chi connectivity index (χ2n) is 21.4. The molecule has 2 aliphatic heterocycles. The van der Waals surface area contributed by atoms with E-state index in [1.165, 1.54) is 67.0 Å². The van der Waals surface area contributed by atoms with Gasteiger partial charge in [0.2, 0.25) is 0 Å². The van der Waals surface area contributed by atoms with E-state index >= 15 is 0 Å². The van der Waals surface area contributed by atoms with Crippen molar-refractivity contribution in [3.05, 3.63) is 174 Å². The van der Waals surface area contributed by atoms with Crippen molar-refractivity contribution in [2.75, 3.05) is 9.80 Å². The highest BCUT2D eigenvalue weighted by atomic mass is 16.3. The Morgan fingerprint density at radius 1 is 0.369 bits per heavy atom. The zero-order chi connectivity index (χ0) is 44.7. The van der Waals surface area contributed by atoms with Crippen LogP contribution in [-0.2, 0) is 16.2 Å². The molecule has 65 heavy (non-hydrogen) atoms. The van der Waals surface area contributed by atoms with Gasteiger partial charge in [-0.2, -0.15) is 0 Å². The summed E-state index contributed by atoms with van der Waals surface area (Å²) in [6, 6.07) is 58.6. The zero-order valence-corrected chi connectivity index (χ0v) is 38.8. The minimum atomic E-state index is -0.140. The molecule has 0 saturated carbocycles. The van der Waals surface area contributed by atoms with Gasteiger partial charge in [0.15, 0.2) is 0 Å². The van der Waals surface area contributed by atoms with Gasteiger partial charge in [-0.15, -0.1) is 0 Å². The minimum absolute atomic E-state index is 0.00722. The summed E-state index contributed by atoms with van der Waals surface area (Å²) in [6.45, 7) is 21.0. The molecule has 0 saturated heterocycles. The van der Waals surface area contributed by atoms with Crippen molar-refractivity contribution in [3.8, 4) is 11.1 Å². The third-order valence-corrected chi connectivity index (χ3v) is 14.1. The van der Waals surface area contributed by atoms with Crippen LogP contribution in [0.5, 0.6) is 0 Å². The summed E-state index contributed by atoms with van der Waals surface area (Å²) < 4.78 is 12.8. The van der Waals surface area contributed by atoms with Gasteiger partial charge in [0.05, 0.1) is 11.1 Å². The normalized spacial score (nSPS) is 13.8. The highest BCUT2D eigenvalue weighted by Crippen LogP contribution is 2.49.